The van der Waals surface area contributed by atoms with E-state index in [0.29, 0.717) is 23.5 Å². The number of hydrogen-bond donors (Lipinski definition) is 3. The molecule has 4 N–H and O–H groups in total. The predicted octanol–water partition coefficient (Wildman–Crippen LogP) is 3.25. The summed E-state index contributed by atoms with van der Waals surface area (Å²) in [5, 5.41) is 5.81. The number of carbonyl (C=O) groups is 2. The van der Waals surface area contributed by atoms with Crippen LogP contribution < -0.4 is 16.4 Å². The molecule has 0 unspecified atom stereocenters. The largest absolute Gasteiger partial charge is 0.330 e. The molecule has 1 saturated carbocycles. The number of rotatable bonds is 5. The molecule has 1 aliphatic rings. The quantitative estimate of drug-likeness (QED) is 0.783. The van der Waals surface area contributed by atoms with Crippen molar-refractivity contribution in [3.05, 3.63) is 60.2 Å². The van der Waals surface area contributed by atoms with Crippen LogP contribution in [0.2, 0.25) is 0 Å². The summed E-state index contributed by atoms with van der Waals surface area (Å²) in [6.45, 7) is 0.547. The first-order valence-electron chi connectivity index (χ1n) is 8.65. The molecule has 1 fully saturated rings. The molecule has 2 aromatic carbocycles. The number of benzene rings is 2. The minimum atomic E-state index is -0.178. The average Bonchev–Trinajstić information content (AvgIpc) is 3.11. The lowest BCUT2D eigenvalue weighted by Crippen LogP contribution is -2.29. The zero-order chi connectivity index (χ0) is 17.6. The monoisotopic (exact) mass is 337 g/mol. The van der Waals surface area contributed by atoms with Gasteiger partial charge in [-0.2, -0.15) is 0 Å². The van der Waals surface area contributed by atoms with Crippen molar-refractivity contribution in [1.29, 1.82) is 0 Å². The number of hydrogen-bond acceptors (Lipinski definition) is 3. The highest BCUT2D eigenvalue weighted by Gasteiger charge is 2.31. The van der Waals surface area contributed by atoms with Crippen LogP contribution in [0.15, 0.2) is 54.6 Å². The lowest BCUT2D eigenvalue weighted by molar-refractivity contribution is -0.120. The van der Waals surface area contributed by atoms with Gasteiger partial charge in [-0.25, -0.2) is 0 Å². The maximum Gasteiger partial charge on any atom is 0.255 e. The molecule has 0 spiro atoms. The minimum Gasteiger partial charge on any atom is -0.330 e. The molecule has 3 rings (SSSR count). The van der Waals surface area contributed by atoms with E-state index in [1.807, 2.05) is 30.3 Å². The van der Waals surface area contributed by atoms with E-state index in [1.54, 1.807) is 24.3 Å². The topological polar surface area (TPSA) is 84.2 Å². The fraction of sp³-hybridized carbons (Fsp3) is 0.300. The zero-order valence-electron chi connectivity index (χ0n) is 14.1. The number of anilines is 2. The summed E-state index contributed by atoms with van der Waals surface area (Å²) in [6.07, 6.45) is 2.95. The Bertz CT molecular complexity index is 746. The smallest absolute Gasteiger partial charge is 0.255 e. The average molecular weight is 337 g/mol. The first-order valence-corrected chi connectivity index (χ1v) is 8.65. The van der Waals surface area contributed by atoms with Crippen molar-refractivity contribution in [2.24, 2.45) is 17.6 Å². The van der Waals surface area contributed by atoms with Gasteiger partial charge in [-0.15, -0.1) is 0 Å². The summed E-state index contributed by atoms with van der Waals surface area (Å²) in [5.74, 6) is 0.0797. The van der Waals surface area contributed by atoms with E-state index in [1.165, 1.54) is 0 Å². The van der Waals surface area contributed by atoms with E-state index < -0.39 is 0 Å². The van der Waals surface area contributed by atoms with E-state index >= 15 is 0 Å². The Morgan fingerprint density at radius 2 is 1.68 bits per heavy atom. The van der Waals surface area contributed by atoms with Gasteiger partial charge in [0.15, 0.2) is 0 Å². The van der Waals surface area contributed by atoms with Crippen molar-refractivity contribution < 1.29 is 9.59 Å². The van der Waals surface area contributed by atoms with Crippen molar-refractivity contribution in [3.8, 4) is 0 Å². The number of amides is 2. The second-order valence-electron chi connectivity index (χ2n) is 6.42. The minimum absolute atomic E-state index is 0.0134. The summed E-state index contributed by atoms with van der Waals surface area (Å²) >= 11 is 0. The van der Waals surface area contributed by atoms with Gasteiger partial charge in [-0.1, -0.05) is 30.7 Å². The van der Waals surface area contributed by atoms with Crippen LogP contribution in [0, 0.1) is 11.8 Å². The van der Waals surface area contributed by atoms with Crippen LogP contribution in [-0.2, 0) is 4.79 Å². The highest BCUT2D eigenvalue weighted by atomic mass is 16.2. The Morgan fingerprint density at radius 3 is 2.40 bits per heavy atom. The normalized spacial score (nSPS) is 19.4. The molecule has 2 atom stereocenters. The first kappa shape index (κ1) is 17.2. The maximum absolute atomic E-state index is 12.5. The van der Waals surface area contributed by atoms with Crippen LogP contribution in [0.25, 0.3) is 0 Å². The third-order valence-corrected chi connectivity index (χ3v) is 4.72. The third-order valence-electron chi connectivity index (χ3n) is 4.72. The Morgan fingerprint density at radius 1 is 0.960 bits per heavy atom. The second kappa shape index (κ2) is 7.94. The van der Waals surface area contributed by atoms with E-state index in [2.05, 4.69) is 10.6 Å². The standard InChI is InChI=1S/C20H23N3O2/c21-13-15-8-4-11-18(15)20(25)23-17-10-5-9-16(12-17)22-19(24)14-6-2-1-3-7-14/h1-3,5-7,9-10,12,15,18H,4,8,11,13,21H2,(H,22,24)(H,23,25)/t15-,18-/m1/s1. The SMILES string of the molecule is NC[C@H]1CCC[C@H]1C(=O)Nc1cccc(NC(=O)c2ccccc2)c1. The molecule has 0 aliphatic heterocycles. The Balaban J connectivity index is 1.65. The van der Waals surface area contributed by atoms with Gasteiger partial charge in [0.25, 0.3) is 5.91 Å². The zero-order valence-corrected chi connectivity index (χ0v) is 14.1. The van der Waals surface area contributed by atoms with Gasteiger partial charge in [-0.05, 0) is 55.6 Å². The van der Waals surface area contributed by atoms with Gasteiger partial charge < -0.3 is 16.4 Å². The molecular formula is C20H23N3O2. The van der Waals surface area contributed by atoms with Crippen molar-refractivity contribution in [1.82, 2.24) is 0 Å². The van der Waals surface area contributed by atoms with Gasteiger partial charge in [0, 0.05) is 22.9 Å². The Hall–Kier alpha value is -2.66. The fourth-order valence-electron chi connectivity index (χ4n) is 3.37. The molecule has 2 aromatic rings. The first-order chi connectivity index (χ1) is 12.2. The van der Waals surface area contributed by atoms with Crippen molar-refractivity contribution >= 4 is 23.2 Å². The van der Waals surface area contributed by atoms with Gasteiger partial charge in [0.2, 0.25) is 5.91 Å². The van der Waals surface area contributed by atoms with Crippen molar-refractivity contribution in [3.63, 3.8) is 0 Å². The van der Waals surface area contributed by atoms with Crippen LogP contribution in [0.1, 0.15) is 29.6 Å². The molecule has 0 radical (unpaired) electrons. The third kappa shape index (κ3) is 4.25. The summed E-state index contributed by atoms with van der Waals surface area (Å²) in [5.41, 5.74) is 7.68. The van der Waals surface area contributed by atoms with Gasteiger partial charge >= 0.3 is 0 Å². The van der Waals surface area contributed by atoms with Crippen LogP contribution in [-0.4, -0.2) is 18.4 Å². The molecule has 0 saturated heterocycles. The molecule has 5 nitrogen and oxygen atoms in total. The molecular weight excluding hydrogens is 314 g/mol. The molecule has 0 heterocycles. The molecule has 2 amide bonds. The van der Waals surface area contributed by atoms with Crippen LogP contribution in [0.3, 0.4) is 0 Å². The molecule has 0 aromatic heterocycles. The van der Waals surface area contributed by atoms with Gasteiger partial charge in [-0.3, -0.25) is 9.59 Å². The van der Waals surface area contributed by atoms with Crippen LogP contribution in [0.5, 0.6) is 0 Å². The summed E-state index contributed by atoms with van der Waals surface area (Å²) < 4.78 is 0. The predicted molar refractivity (Wildman–Crippen MR) is 99.4 cm³/mol. The molecule has 1 aliphatic carbocycles. The van der Waals surface area contributed by atoms with Gasteiger partial charge in [0.05, 0.1) is 0 Å². The van der Waals surface area contributed by atoms with Crippen LogP contribution >= 0.6 is 0 Å². The van der Waals surface area contributed by atoms with E-state index in [0.717, 1.165) is 19.3 Å². The van der Waals surface area contributed by atoms with E-state index in [-0.39, 0.29) is 23.7 Å². The second-order valence-corrected chi connectivity index (χ2v) is 6.42. The number of nitrogens with one attached hydrogen (secondary N) is 2. The summed E-state index contributed by atoms with van der Waals surface area (Å²) in [7, 11) is 0. The van der Waals surface area contributed by atoms with Gasteiger partial charge in [0.1, 0.15) is 0 Å². The van der Waals surface area contributed by atoms with E-state index in [4.69, 9.17) is 5.73 Å². The highest BCUT2D eigenvalue weighted by molar-refractivity contribution is 6.04. The van der Waals surface area contributed by atoms with Crippen LogP contribution in [0.4, 0.5) is 11.4 Å². The Kier molecular flexibility index (Phi) is 5.46. The lowest BCUT2D eigenvalue weighted by Gasteiger charge is -2.17. The molecule has 25 heavy (non-hydrogen) atoms. The van der Waals surface area contributed by atoms with E-state index in [9.17, 15) is 9.59 Å². The summed E-state index contributed by atoms with van der Waals surface area (Å²) in [6, 6.07) is 16.2. The molecule has 130 valence electrons. The summed E-state index contributed by atoms with van der Waals surface area (Å²) in [4.78, 5) is 24.7. The highest BCUT2D eigenvalue weighted by Crippen LogP contribution is 2.32. The van der Waals surface area contributed by atoms with Crippen molar-refractivity contribution in [2.45, 2.75) is 19.3 Å². The number of nitrogens with two attached hydrogens (primary N) is 1. The fourth-order valence-corrected chi connectivity index (χ4v) is 3.37. The maximum atomic E-state index is 12.5. The molecule has 0 bridgehead atoms. The van der Waals surface area contributed by atoms with Crippen molar-refractivity contribution in [2.75, 3.05) is 17.2 Å². The Labute approximate surface area is 147 Å². The lowest BCUT2D eigenvalue weighted by atomic mass is 9.95. The molecule has 5 heteroatoms. The number of carbonyl (C=O) groups excluding carboxylic acids is 2.